The number of amides is 1. The number of carbonyl (C=O) groups is 1. The number of carbonyl (C=O) groups excluding carboxylic acids is 1. The highest BCUT2D eigenvalue weighted by molar-refractivity contribution is 6.04. The van der Waals surface area contributed by atoms with E-state index >= 15 is 0 Å². The van der Waals surface area contributed by atoms with Crippen molar-refractivity contribution in [3.05, 3.63) is 59.7 Å². The molecular formula is C19H19NO2. The van der Waals surface area contributed by atoms with Crippen LogP contribution in [0.4, 0.5) is 5.69 Å². The quantitative estimate of drug-likeness (QED) is 0.844. The van der Waals surface area contributed by atoms with Crippen molar-refractivity contribution in [3.8, 4) is 18.1 Å². The first-order chi connectivity index (χ1) is 10.6. The van der Waals surface area contributed by atoms with Crippen LogP contribution in [0.25, 0.3) is 0 Å². The molecule has 0 heterocycles. The van der Waals surface area contributed by atoms with Crippen LogP contribution < -0.4 is 10.1 Å². The smallest absolute Gasteiger partial charge is 0.255 e. The molecule has 2 rings (SSSR count). The van der Waals surface area contributed by atoms with Gasteiger partial charge in [0, 0.05) is 11.3 Å². The molecule has 1 N–H and O–H groups in total. The minimum absolute atomic E-state index is 0.142. The van der Waals surface area contributed by atoms with E-state index in [0.29, 0.717) is 17.2 Å². The van der Waals surface area contributed by atoms with E-state index in [-0.39, 0.29) is 12.5 Å². The van der Waals surface area contributed by atoms with Gasteiger partial charge in [-0.3, -0.25) is 4.79 Å². The van der Waals surface area contributed by atoms with E-state index in [4.69, 9.17) is 11.2 Å². The monoisotopic (exact) mass is 293 g/mol. The van der Waals surface area contributed by atoms with Crippen LogP contribution in [0.3, 0.4) is 0 Å². The molecule has 2 aromatic carbocycles. The molecule has 0 radical (unpaired) electrons. The van der Waals surface area contributed by atoms with Gasteiger partial charge in [-0.25, -0.2) is 0 Å². The van der Waals surface area contributed by atoms with Crippen molar-refractivity contribution in [1.82, 2.24) is 0 Å². The molecule has 0 spiro atoms. The van der Waals surface area contributed by atoms with Gasteiger partial charge in [0.25, 0.3) is 5.91 Å². The highest BCUT2D eigenvalue weighted by Gasteiger charge is 2.10. The number of hydrogen-bond acceptors (Lipinski definition) is 2. The van der Waals surface area contributed by atoms with Gasteiger partial charge in [0.15, 0.2) is 0 Å². The topological polar surface area (TPSA) is 38.3 Å². The first-order valence-corrected chi connectivity index (χ1v) is 7.18. The Hall–Kier alpha value is -2.73. The van der Waals surface area contributed by atoms with Gasteiger partial charge in [-0.05, 0) is 41.8 Å². The second kappa shape index (κ2) is 7.33. The predicted molar refractivity (Wildman–Crippen MR) is 89.3 cm³/mol. The van der Waals surface area contributed by atoms with Gasteiger partial charge < -0.3 is 10.1 Å². The summed E-state index contributed by atoms with van der Waals surface area (Å²) < 4.78 is 5.29. The van der Waals surface area contributed by atoms with Crippen LogP contribution >= 0.6 is 0 Å². The van der Waals surface area contributed by atoms with Crippen molar-refractivity contribution in [2.45, 2.75) is 19.8 Å². The third-order valence-electron chi connectivity index (χ3n) is 3.27. The maximum Gasteiger partial charge on any atom is 0.255 e. The van der Waals surface area contributed by atoms with Crippen LogP contribution in [-0.4, -0.2) is 12.5 Å². The molecule has 2 aromatic rings. The van der Waals surface area contributed by atoms with Crippen molar-refractivity contribution in [3.63, 3.8) is 0 Å². The summed E-state index contributed by atoms with van der Waals surface area (Å²) in [4.78, 5) is 12.3. The number of para-hydroxylation sites is 1. The fourth-order valence-electron chi connectivity index (χ4n) is 2.14. The zero-order valence-electron chi connectivity index (χ0n) is 12.8. The Kier molecular flexibility index (Phi) is 5.21. The minimum atomic E-state index is -0.142. The SMILES string of the molecule is C#CCOc1ccc(C(=O)Nc2ccccc2C(C)C)cc1. The minimum Gasteiger partial charge on any atom is -0.481 e. The van der Waals surface area contributed by atoms with E-state index in [1.807, 2.05) is 24.3 Å². The normalized spacial score (nSPS) is 10.1. The Morgan fingerprint density at radius 3 is 2.50 bits per heavy atom. The summed E-state index contributed by atoms with van der Waals surface area (Å²) in [5, 5.41) is 2.96. The highest BCUT2D eigenvalue weighted by Crippen LogP contribution is 2.24. The van der Waals surface area contributed by atoms with Crippen molar-refractivity contribution < 1.29 is 9.53 Å². The summed E-state index contributed by atoms with van der Waals surface area (Å²) in [7, 11) is 0. The van der Waals surface area contributed by atoms with E-state index in [1.54, 1.807) is 24.3 Å². The Bertz CT molecular complexity index is 681. The molecule has 0 aliphatic heterocycles. The average molecular weight is 293 g/mol. The van der Waals surface area contributed by atoms with Crippen LogP contribution in [-0.2, 0) is 0 Å². The third kappa shape index (κ3) is 3.89. The molecule has 0 atom stereocenters. The Balaban J connectivity index is 2.11. The lowest BCUT2D eigenvalue weighted by Gasteiger charge is -2.13. The number of rotatable bonds is 5. The van der Waals surface area contributed by atoms with Crippen molar-refractivity contribution >= 4 is 11.6 Å². The molecule has 0 saturated heterocycles. The van der Waals surface area contributed by atoms with E-state index in [9.17, 15) is 4.79 Å². The van der Waals surface area contributed by atoms with Gasteiger partial charge in [0.05, 0.1) is 0 Å². The van der Waals surface area contributed by atoms with E-state index < -0.39 is 0 Å². The fourth-order valence-corrected chi connectivity index (χ4v) is 2.14. The van der Waals surface area contributed by atoms with Gasteiger partial charge in [-0.1, -0.05) is 38.0 Å². The van der Waals surface area contributed by atoms with Crippen molar-refractivity contribution in [1.29, 1.82) is 0 Å². The summed E-state index contributed by atoms with van der Waals surface area (Å²) in [6.45, 7) is 4.42. The van der Waals surface area contributed by atoms with Gasteiger partial charge >= 0.3 is 0 Å². The molecule has 0 saturated carbocycles. The van der Waals surface area contributed by atoms with Gasteiger partial charge in [0.1, 0.15) is 12.4 Å². The highest BCUT2D eigenvalue weighted by atomic mass is 16.5. The summed E-state index contributed by atoms with van der Waals surface area (Å²) in [5.41, 5.74) is 2.53. The maximum atomic E-state index is 12.3. The summed E-state index contributed by atoms with van der Waals surface area (Å²) in [6.07, 6.45) is 5.14. The summed E-state index contributed by atoms with van der Waals surface area (Å²) in [6, 6.07) is 14.7. The molecule has 0 unspecified atom stereocenters. The van der Waals surface area contributed by atoms with E-state index in [2.05, 4.69) is 25.1 Å². The lowest BCUT2D eigenvalue weighted by atomic mass is 10.0. The summed E-state index contributed by atoms with van der Waals surface area (Å²) >= 11 is 0. The number of nitrogens with one attached hydrogen (secondary N) is 1. The zero-order chi connectivity index (χ0) is 15.9. The van der Waals surface area contributed by atoms with Crippen LogP contribution in [0.1, 0.15) is 35.7 Å². The third-order valence-corrected chi connectivity index (χ3v) is 3.27. The fraction of sp³-hybridized carbons (Fsp3) is 0.211. The standard InChI is InChI=1S/C19H19NO2/c1-4-13-22-16-11-9-15(10-12-16)19(21)20-18-8-6-5-7-17(18)14(2)3/h1,5-12,14H,13H2,2-3H3,(H,20,21). The number of terminal acetylenes is 1. The Labute approximate surface area is 131 Å². The van der Waals surface area contributed by atoms with E-state index in [1.165, 1.54) is 0 Å². The van der Waals surface area contributed by atoms with Gasteiger partial charge in [0.2, 0.25) is 0 Å². The van der Waals surface area contributed by atoms with Crippen LogP contribution in [0.2, 0.25) is 0 Å². The molecule has 0 bridgehead atoms. The molecule has 1 amide bonds. The average Bonchev–Trinajstić information content (AvgIpc) is 2.53. The number of anilines is 1. The largest absolute Gasteiger partial charge is 0.481 e. The number of hydrogen-bond donors (Lipinski definition) is 1. The Morgan fingerprint density at radius 2 is 1.86 bits per heavy atom. The first kappa shape index (κ1) is 15.7. The molecule has 3 nitrogen and oxygen atoms in total. The van der Waals surface area contributed by atoms with Crippen molar-refractivity contribution in [2.24, 2.45) is 0 Å². The van der Waals surface area contributed by atoms with Crippen LogP contribution in [0.5, 0.6) is 5.75 Å². The van der Waals surface area contributed by atoms with Gasteiger partial charge in [-0.2, -0.15) is 0 Å². The lowest BCUT2D eigenvalue weighted by Crippen LogP contribution is -2.13. The molecule has 0 aliphatic rings. The predicted octanol–water partition coefficient (Wildman–Crippen LogP) is 4.07. The molecule has 3 heteroatoms. The lowest BCUT2D eigenvalue weighted by molar-refractivity contribution is 0.102. The zero-order valence-corrected chi connectivity index (χ0v) is 12.8. The second-order valence-electron chi connectivity index (χ2n) is 5.21. The summed E-state index contributed by atoms with van der Waals surface area (Å²) in [5.74, 6) is 3.25. The molecule has 0 fully saturated rings. The van der Waals surface area contributed by atoms with E-state index in [0.717, 1.165) is 11.3 Å². The number of ether oxygens (including phenoxy) is 1. The first-order valence-electron chi connectivity index (χ1n) is 7.18. The van der Waals surface area contributed by atoms with Crippen LogP contribution in [0, 0.1) is 12.3 Å². The molecule has 22 heavy (non-hydrogen) atoms. The molecular weight excluding hydrogens is 274 g/mol. The van der Waals surface area contributed by atoms with Gasteiger partial charge in [-0.15, -0.1) is 6.42 Å². The second-order valence-corrected chi connectivity index (χ2v) is 5.21. The molecule has 112 valence electrons. The van der Waals surface area contributed by atoms with Crippen LogP contribution in [0.15, 0.2) is 48.5 Å². The maximum absolute atomic E-state index is 12.3. The molecule has 0 aromatic heterocycles. The van der Waals surface area contributed by atoms with Crippen molar-refractivity contribution in [2.75, 3.05) is 11.9 Å². The Morgan fingerprint density at radius 1 is 1.18 bits per heavy atom. The number of benzene rings is 2. The molecule has 0 aliphatic carbocycles.